The van der Waals surface area contributed by atoms with E-state index in [1.54, 1.807) is 0 Å². The van der Waals surface area contributed by atoms with Crippen LogP contribution < -0.4 is 5.32 Å². The maximum absolute atomic E-state index is 3.56. The van der Waals surface area contributed by atoms with Gasteiger partial charge in [0.15, 0.2) is 0 Å². The van der Waals surface area contributed by atoms with Crippen molar-refractivity contribution in [1.29, 1.82) is 0 Å². The van der Waals surface area contributed by atoms with Crippen LogP contribution in [-0.2, 0) is 0 Å². The lowest BCUT2D eigenvalue weighted by atomic mass is 9.76. The SMILES string of the molecule is CCCN(CC1CC(CC)CCC1NC)C(C)C. The van der Waals surface area contributed by atoms with Gasteiger partial charge < -0.3 is 10.2 Å². The Balaban J connectivity index is 2.58. The van der Waals surface area contributed by atoms with Crippen molar-refractivity contribution in [3.05, 3.63) is 0 Å². The first-order chi connectivity index (χ1) is 8.62. The zero-order valence-corrected chi connectivity index (χ0v) is 13.2. The van der Waals surface area contributed by atoms with Gasteiger partial charge in [0.25, 0.3) is 0 Å². The Hall–Kier alpha value is -0.0800. The van der Waals surface area contributed by atoms with Gasteiger partial charge in [-0.25, -0.2) is 0 Å². The van der Waals surface area contributed by atoms with Gasteiger partial charge in [-0.15, -0.1) is 0 Å². The van der Waals surface area contributed by atoms with Crippen LogP contribution in [0.15, 0.2) is 0 Å². The van der Waals surface area contributed by atoms with Crippen molar-refractivity contribution in [1.82, 2.24) is 10.2 Å². The minimum atomic E-state index is 0.685. The van der Waals surface area contributed by atoms with E-state index in [0.717, 1.165) is 17.9 Å². The number of hydrogen-bond donors (Lipinski definition) is 1. The Morgan fingerprint density at radius 2 is 1.94 bits per heavy atom. The van der Waals surface area contributed by atoms with Gasteiger partial charge in [-0.05, 0) is 65.0 Å². The third kappa shape index (κ3) is 4.55. The highest BCUT2D eigenvalue weighted by Crippen LogP contribution is 2.32. The molecule has 0 aromatic heterocycles. The first-order valence-corrected chi connectivity index (χ1v) is 8.03. The maximum atomic E-state index is 3.56. The van der Waals surface area contributed by atoms with Gasteiger partial charge in [-0.2, -0.15) is 0 Å². The van der Waals surface area contributed by atoms with Crippen LogP contribution >= 0.6 is 0 Å². The topological polar surface area (TPSA) is 15.3 Å². The van der Waals surface area contributed by atoms with Crippen LogP contribution in [0.2, 0.25) is 0 Å². The molecule has 0 aromatic carbocycles. The van der Waals surface area contributed by atoms with Gasteiger partial charge in [0.05, 0.1) is 0 Å². The van der Waals surface area contributed by atoms with E-state index in [1.807, 2.05) is 0 Å². The molecule has 2 heteroatoms. The average molecular weight is 254 g/mol. The predicted molar refractivity (Wildman–Crippen MR) is 81.0 cm³/mol. The van der Waals surface area contributed by atoms with Crippen molar-refractivity contribution >= 4 is 0 Å². The Bertz CT molecular complexity index is 215. The molecule has 0 amide bonds. The largest absolute Gasteiger partial charge is 0.317 e. The first kappa shape index (κ1) is 16.0. The summed E-state index contributed by atoms with van der Waals surface area (Å²) >= 11 is 0. The van der Waals surface area contributed by atoms with E-state index in [4.69, 9.17) is 0 Å². The molecule has 1 aliphatic rings. The third-order valence-corrected chi connectivity index (χ3v) is 4.75. The lowest BCUT2D eigenvalue weighted by Gasteiger charge is -2.40. The molecule has 0 radical (unpaired) electrons. The molecular formula is C16H34N2. The second-order valence-corrected chi connectivity index (χ2v) is 6.33. The molecule has 1 aliphatic carbocycles. The standard InChI is InChI=1S/C16H34N2/c1-6-10-18(13(3)4)12-15-11-14(7-2)8-9-16(15)17-5/h13-17H,6-12H2,1-5H3. The van der Waals surface area contributed by atoms with E-state index >= 15 is 0 Å². The Kier molecular flexibility index (Phi) is 7.25. The normalized spacial score (nSPS) is 29.2. The maximum Gasteiger partial charge on any atom is 0.0105 e. The molecule has 1 N–H and O–H groups in total. The van der Waals surface area contributed by atoms with Crippen molar-refractivity contribution in [3.63, 3.8) is 0 Å². The highest BCUT2D eigenvalue weighted by molar-refractivity contribution is 4.86. The summed E-state index contributed by atoms with van der Waals surface area (Å²) in [5, 5.41) is 3.56. The average Bonchev–Trinajstić information content (AvgIpc) is 2.37. The molecular weight excluding hydrogens is 220 g/mol. The van der Waals surface area contributed by atoms with E-state index in [2.05, 4.69) is 45.0 Å². The summed E-state index contributed by atoms with van der Waals surface area (Å²) in [5.41, 5.74) is 0. The minimum Gasteiger partial charge on any atom is -0.317 e. The van der Waals surface area contributed by atoms with Gasteiger partial charge in [0.2, 0.25) is 0 Å². The highest BCUT2D eigenvalue weighted by atomic mass is 15.1. The molecule has 1 saturated carbocycles. The lowest BCUT2D eigenvalue weighted by Crippen LogP contribution is -2.46. The second-order valence-electron chi connectivity index (χ2n) is 6.33. The van der Waals surface area contributed by atoms with Crippen LogP contribution in [0.3, 0.4) is 0 Å². The number of nitrogens with zero attached hydrogens (tertiary/aromatic N) is 1. The zero-order valence-electron chi connectivity index (χ0n) is 13.2. The van der Waals surface area contributed by atoms with Crippen LogP contribution in [0.5, 0.6) is 0 Å². The Labute approximate surface area is 115 Å². The zero-order chi connectivity index (χ0) is 13.5. The monoisotopic (exact) mass is 254 g/mol. The molecule has 2 nitrogen and oxygen atoms in total. The van der Waals surface area contributed by atoms with E-state index < -0.39 is 0 Å². The molecule has 0 saturated heterocycles. The van der Waals surface area contributed by atoms with E-state index in [1.165, 1.54) is 45.2 Å². The van der Waals surface area contributed by atoms with E-state index in [0.29, 0.717) is 6.04 Å². The molecule has 3 atom stereocenters. The Morgan fingerprint density at radius 3 is 2.44 bits per heavy atom. The van der Waals surface area contributed by atoms with Gasteiger partial charge in [-0.1, -0.05) is 20.3 Å². The summed E-state index contributed by atoms with van der Waals surface area (Å²) in [4.78, 5) is 2.67. The molecule has 0 heterocycles. The van der Waals surface area contributed by atoms with Crippen LogP contribution in [0.4, 0.5) is 0 Å². The molecule has 3 unspecified atom stereocenters. The molecule has 0 bridgehead atoms. The molecule has 18 heavy (non-hydrogen) atoms. The summed E-state index contributed by atoms with van der Waals surface area (Å²) in [6.45, 7) is 11.9. The summed E-state index contributed by atoms with van der Waals surface area (Å²) in [6.07, 6.45) is 6.86. The summed E-state index contributed by atoms with van der Waals surface area (Å²) < 4.78 is 0. The van der Waals surface area contributed by atoms with Gasteiger partial charge >= 0.3 is 0 Å². The lowest BCUT2D eigenvalue weighted by molar-refractivity contribution is 0.121. The van der Waals surface area contributed by atoms with Crippen molar-refractivity contribution in [3.8, 4) is 0 Å². The quantitative estimate of drug-likeness (QED) is 0.748. The highest BCUT2D eigenvalue weighted by Gasteiger charge is 2.30. The molecule has 108 valence electrons. The number of hydrogen-bond acceptors (Lipinski definition) is 2. The molecule has 1 rings (SSSR count). The van der Waals surface area contributed by atoms with Crippen molar-refractivity contribution in [2.75, 3.05) is 20.1 Å². The van der Waals surface area contributed by atoms with Crippen molar-refractivity contribution < 1.29 is 0 Å². The molecule has 0 aromatic rings. The van der Waals surface area contributed by atoms with E-state index in [9.17, 15) is 0 Å². The van der Waals surface area contributed by atoms with Crippen molar-refractivity contribution in [2.24, 2.45) is 11.8 Å². The van der Waals surface area contributed by atoms with Crippen LogP contribution in [0.1, 0.15) is 59.8 Å². The van der Waals surface area contributed by atoms with Gasteiger partial charge in [0.1, 0.15) is 0 Å². The number of rotatable bonds is 7. The van der Waals surface area contributed by atoms with Crippen LogP contribution in [0.25, 0.3) is 0 Å². The summed E-state index contributed by atoms with van der Waals surface area (Å²) in [6, 6.07) is 1.43. The fourth-order valence-electron chi connectivity index (χ4n) is 3.46. The number of nitrogens with one attached hydrogen (secondary N) is 1. The fraction of sp³-hybridized carbons (Fsp3) is 1.00. The third-order valence-electron chi connectivity index (χ3n) is 4.75. The van der Waals surface area contributed by atoms with Crippen LogP contribution in [0, 0.1) is 11.8 Å². The Morgan fingerprint density at radius 1 is 1.22 bits per heavy atom. The van der Waals surface area contributed by atoms with Crippen LogP contribution in [-0.4, -0.2) is 37.1 Å². The van der Waals surface area contributed by atoms with Crippen molar-refractivity contribution in [2.45, 2.75) is 71.9 Å². The second kappa shape index (κ2) is 8.16. The fourth-order valence-corrected chi connectivity index (χ4v) is 3.46. The van der Waals surface area contributed by atoms with Gasteiger partial charge in [0, 0.05) is 18.6 Å². The molecule has 0 aliphatic heterocycles. The summed E-state index contributed by atoms with van der Waals surface area (Å²) in [7, 11) is 2.14. The first-order valence-electron chi connectivity index (χ1n) is 8.03. The van der Waals surface area contributed by atoms with Gasteiger partial charge in [-0.3, -0.25) is 0 Å². The smallest absolute Gasteiger partial charge is 0.0105 e. The minimum absolute atomic E-state index is 0.685. The molecule has 0 spiro atoms. The predicted octanol–water partition coefficient (Wildman–Crippen LogP) is 3.52. The van der Waals surface area contributed by atoms with E-state index in [-0.39, 0.29) is 0 Å². The summed E-state index contributed by atoms with van der Waals surface area (Å²) in [5.74, 6) is 1.82. The molecule has 1 fully saturated rings.